The quantitative estimate of drug-likeness (QED) is 0.668. The van der Waals surface area contributed by atoms with Gasteiger partial charge in [-0.05, 0) is 55.2 Å². The summed E-state index contributed by atoms with van der Waals surface area (Å²) in [5, 5.41) is 18.2. The molecule has 0 saturated heterocycles. The van der Waals surface area contributed by atoms with Crippen molar-refractivity contribution in [1.29, 1.82) is 0 Å². The molecule has 5 nitrogen and oxygen atoms in total. The molecule has 1 fully saturated rings. The lowest BCUT2D eigenvalue weighted by atomic mass is 9.79. The molecule has 1 saturated carbocycles. The summed E-state index contributed by atoms with van der Waals surface area (Å²) in [6.07, 6.45) is 2.98. The molecule has 0 radical (unpaired) electrons. The van der Waals surface area contributed by atoms with Crippen molar-refractivity contribution >= 4 is 35.3 Å². The molecule has 0 bridgehead atoms. The summed E-state index contributed by atoms with van der Waals surface area (Å²) in [7, 11) is 0. The van der Waals surface area contributed by atoms with Crippen molar-refractivity contribution in [3.05, 3.63) is 33.8 Å². The highest BCUT2D eigenvalue weighted by Crippen LogP contribution is 2.30. The van der Waals surface area contributed by atoms with E-state index in [0.29, 0.717) is 21.7 Å². The molecule has 1 aliphatic carbocycles. The van der Waals surface area contributed by atoms with E-state index in [0.717, 1.165) is 24.7 Å². The Hall–Kier alpha value is -1.46. The molecule has 1 aromatic rings. The molecular weight excluding hydrogens is 365 g/mol. The molecule has 0 spiro atoms. The second-order valence-electron chi connectivity index (χ2n) is 6.58. The van der Waals surface area contributed by atoms with Gasteiger partial charge in [0.15, 0.2) is 0 Å². The van der Waals surface area contributed by atoms with Crippen LogP contribution in [0.25, 0.3) is 0 Å². The molecule has 0 unspecified atom stereocenters. The Morgan fingerprint density at radius 1 is 1.12 bits per heavy atom. The summed E-state index contributed by atoms with van der Waals surface area (Å²) in [6.45, 7) is 4.56. The highest BCUT2D eigenvalue weighted by Gasteiger charge is 2.24. The first-order chi connectivity index (χ1) is 11.7. The van der Waals surface area contributed by atoms with Gasteiger partial charge < -0.3 is 15.5 Å². The number of hydrogen-bond donors (Lipinski definition) is 3. The van der Waals surface area contributed by atoms with Crippen molar-refractivity contribution in [1.82, 2.24) is 5.32 Å². The van der Waals surface area contributed by atoms with Gasteiger partial charge in [0, 0.05) is 16.1 Å². The van der Waals surface area contributed by atoms with Gasteiger partial charge >= 0.3 is 6.16 Å². The number of carboxylic acid groups (broad SMARTS) is 2. The number of halogens is 2. The van der Waals surface area contributed by atoms with Crippen LogP contribution >= 0.6 is 23.2 Å². The lowest BCUT2D eigenvalue weighted by molar-refractivity contribution is -0.121. The Balaban J connectivity index is 0.000000705. The maximum atomic E-state index is 12.2. The normalized spacial score (nSPS) is 19.7. The summed E-state index contributed by atoms with van der Waals surface area (Å²) < 4.78 is 0. The minimum absolute atomic E-state index is 0.0120. The summed E-state index contributed by atoms with van der Waals surface area (Å²) >= 11 is 12.2. The topological polar surface area (TPSA) is 86.6 Å². The molecular formula is C18H25Cl2NO4. The van der Waals surface area contributed by atoms with Gasteiger partial charge in [-0.25, -0.2) is 4.79 Å². The van der Waals surface area contributed by atoms with Crippen molar-refractivity contribution in [2.24, 2.45) is 11.8 Å². The summed E-state index contributed by atoms with van der Waals surface area (Å²) in [5.74, 6) is 1.55. The molecule has 1 amide bonds. The van der Waals surface area contributed by atoms with Gasteiger partial charge in [0.2, 0.25) is 5.91 Å². The van der Waals surface area contributed by atoms with Crippen molar-refractivity contribution in [3.8, 4) is 0 Å². The maximum Gasteiger partial charge on any atom is 0.503 e. The minimum atomic E-state index is -1.83. The first-order valence-corrected chi connectivity index (χ1v) is 9.10. The van der Waals surface area contributed by atoms with Gasteiger partial charge in [0.05, 0.1) is 6.42 Å². The van der Waals surface area contributed by atoms with Gasteiger partial charge in [0.1, 0.15) is 0 Å². The van der Waals surface area contributed by atoms with E-state index in [4.69, 9.17) is 38.2 Å². The Morgan fingerprint density at radius 3 is 2.04 bits per heavy atom. The van der Waals surface area contributed by atoms with Gasteiger partial charge in [-0.15, -0.1) is 0 Å². The third-order valence-electron chi connectivity index (χ3n) is 4.48. The number of amides is 1. The van der Waals surface area contributed by atoms with Crippen molar-refractivity contribution in [2.45, 2.75) is 52.0 Å². The third-order valence-corrected chi connectivity index (χ3v) is 5.19. The molecule has 3 N–H and O–H groups in total. The van der Waals surface area contributed by atoms with Crippen LogP contribution in [-0.2, 0) is 11.2 Å². The van der Waals surface area contributed by atoms with Gasteiger partial charge in [0.25, 0.3) is 0 Å². The SMILES string of the molecule is CC(C)C1CCC(NC(=O)Cc2c(Cl)cccc2Cl)CC1.O=C(O)O. The number of carbonyl (C=O) groups is 2. The fourth-order valence-electron chi connectivity index (χ4n) is 3.07. The second kappa shape index (κ2) is 10.5. The standard InChI is InChI=1S/C17H23Cl2NO.CH2O3/c1-11(2)12-6-8-13(9-7-12)20-17(21)10-14-15(18)4-3-5-16(14)19;2-1(3)4/h3-5,11-13H,6-10H2,1-2H3,(H,20,21);(H2,2,3,4). The first kappa shape index (κ1) is 21.6. The van der Waals surface area contributed by atoms with Gasteiger partial charge in [-0.3, -0.25) is 4.79 Å². The van der Waals surface area contributed by atoms with Gasteiger partial charge in [-0.1, -0.05) is 43.1 Å². The van der Waals surface area contributed by atoms with E-state index < -0.39 is 6.16 Å². The Kier molecular flexibility index (Phi) is 9.08. The summed E-state index contributed by atoms with van der Waals surface area (Å²) in [5.41, 5.74) is 0.717. The van der Waals surface area contributed by atoms with E-state index in [9.17, 15) is 4.79 Å². The minimum Gasteiger partial charge on any atom is -0.450 e. The van der Waals surface area contributed by atoms with Crippen LogP contribution in [0.4, 0.5) is 4.79 Å². The molecule has 1 aliphatic rings. The van der Waals surface area contributed by atoms with E-state index >= 15 is 0 Å². The van der Waals surface area contributed by atoms with Crippen molar-refractivity contribution < 1.29 is 19.8 Å². The summed E-state index contributed by atoms with van der Waals surface area (Å²) in [4.78, 5) is 20.7. The van der Waals surface area contributed by atoms with E-state index in [1.54, 1.807) is 18.2 Å². The van der Waals surface area contributed by atoms with E-state index in [-0.39, 0.29) is 12.3 Å². The Morgan fingerprint density at radius 2 is 1.60 bits per heavy atom. The van der Waals surface area contributed by atoms with E-state index in [1.807, 2.05) is 0 Å². The zero-order chi connectivity index (χ0) is 19.0. The van der Waals surface area contributed by atoms with Gasteiger partial charge in [-0.2, -0.15) is 0 Å². The average molecular weight is 390 g/mol. The largest absolute Gasteiger partial charge is 0.503 e. The Labute approximate surface area is 158 Å². The number of hydrogen-bond acceptors (Lipinski definition) is 2. The molecule has 1 aromatic carbocycles. The molecule has 25 heavy (non-hydrogen) atoms. The smallest absolute Gasteiger partial charge is 0.450 e. The zero-order valence-corrected chi connectivity index (χ0v) is 16.0. The van der Waals surface area contributed by atoms with E-state index in [2.05, 4.69) is 19.2 Å². The van der Waals surface area contributed by atoms with E-state index in [1.165, 1.54) is 12.8 Å². The molecule has 0 atom stereocenters. The fourth-order valence-corrected chi connectivity index (χ4v) is 3.60. The van der Waals surface area contributed by atoms with Crippen LogP contribution in [0.5, 0.6) is 0 Å². The Bertz CT molecular complexity index is 560. The molecule has 0 heterocycles. The average Bonchev–Trinajstić information content (AvgIpc) is 2.51. The molecule has 7 heteroatoms. The predicted molar refractivity (Wildman–Crippen MR) is 99.5 cm³/mol. The molecule has 0 aromatic heterocycles. The highest BCUT2D eigenvalue weighted by atomic mass is 35.5. The summed E-state index contributed by atoms with van der Waals surface area (Å²) in [6, 6.07) is 5.63. The number of rotatable bonds is 4. The first-order valence-electron chi connectivity index (χ1n) is 8.34. The molecule has 2 rings (SSSR count). The predicted octanol–water partition coefficient (Wildman–Crippen LogP) is 5.09. The number of carbonyl (C=O) groups excluding carboxylic acids is 1. The third kappa shape index (κ3) is 7.97. The fraction of sp³-hybridized carbons (Fsp3) is 0.556. The maximum absolute atomic E-state index is 12.2. The molecule has 0 aliphatic heterocycles. The number of nitrogens with one attached hydrogen (secondary N) is 1. The lowest BCUT2D eigenvalue weighted by Gasteiger charge is -2.31. The second-order valence-corrected chi connectivity index (χ2v) is 7.40. The van der Waals surface area contributed by atoms with Crippen LogP contribution < -0.4 is 5.32 Å². The molecule has 140 valence electrons. The monoisotopic (exact) mass is 389 g/mol. The van der Waals surface area contributed by atoms with Crippen LogP contribution in [0.15, 0.2) is 18.2 Å². The lowest BCUT2D eigenvalue weighted by Crippen LogP contribution is -2.39. The highest BCUT2D eigenvalue weighted by molar-refractivity contribution is 6.36. The number of benzene rings is 1. The van der Waals surface area contributed by atoms with Crippen molar-refractivity contribution in [2.75, 3.05) is 0 Å². The zero-order valence-electron chi connectivity index (χ0n) is 14.5. The van der Waals surface area contributed by atoms with Crippen LogP contribution in [0.3, 0.4) is 0 Å². The van der Waals surface area contributed by atoms with Crippen LogP contribution in [-0.4, -0.2) is 28.3 Å². The van der Waals surface area contributed by atoms with Crippen LogP contribution in [0.1, 0.15) is 45.1 Å². The van der Waals surface area contributed by atoms with Crippen molar-refractivity contribution in [3.63, 3.8) is 0 Å². The van der Waals surface area contributed by atoms with Crippen LogP contribution in [0, 0.1) is 11.8 Å². The van der Waals surface area contributed by atoms with Crippen LogP contribution in [0.2, 0.25) is 10.0 Å².